The maximum absolute atomic E-state index is 12.5. The molecule has 2 N–H and O–H groups in total. The molecule has 0 aliphatic heterocycles. The number of hydrogen-bond donors (Lipinski definition) is 2. The van der Waals surface area contributed by atoms with Crippen LogP contribution in [-0.4, -0.2) is 31.7 Å². The van der Waals surface area contributed by atoms with Gasteiger partial charge in [-0.15, -0.1) is 0 Å². The fourth-order valence-electron chi connectivity index (χ4n) is 2.47. The summed E-state index contributed by atoms with van der Waals surface area (Å²) >= 11 is 5.82. The van der Waals surface area contributed by atoms with E-state index in [2.05, 4.69) is 10.6 Å². The molecule has 0 heterocycles. The van der Waals surface area contributed by atoms with Crippen molar-refractivity contribution in [2.45, 2.75) is 13.8 Å². The average Bonchev–Trinajstić information content (AvgIpc) is 2.55. The van der Waals surface area contributed by atoms with Crippen LogP contribution in [0.25, 0.3) is 0 Å². The molecule has 0 saturated carbocycles. The zero-order chi connectivity index (χ0) is 20.0. The highest BCUT2D eigenvalue weighted by molar-refractivity contribution is 7.92. The average molecular weight is 409 g/mol. The Morgan fingerprint density at radius 3 is 2.26 bits per heavy atom. The first kappa shape index (κ1) is 20.9. The summed E-state index contributed by atoms with van der Waals surface area (Å²) in [6.45, 7) is 3.54. The Kier molecular flexibility index (Phi) is 6.98. The van der Waals surface area contributed by atoms with E-state index in [1.807, 2.05) is 0 Å². The number of sulfone groups is 1. The molecule has 0 radical (unpaired) electrons. The molecule has 2 aromatic rings. The second-order valence-electron chi connectivity index (χ2n) is 6.50. The van der Waals surface area contributed by atoms with E-state index in [1.54, 1.807) is 62.4 Å². The van der Waals surface area contributed by atoms with Crippen LogP contribution in [-0.2, 0) is 14.6 Å². The van der Waals surface area contributed by atoms with Gasteiger partial charge < -0.3 is 10.6 Å². The highest BCUT2D eigenvalue weighted by Gasteiger charge is 2.20. The first-order chi connectivity index (χ1) is 12.7. The number of anilines is 2. The molecule has 0 bridgehead atoms. The Hall–Kier alpha value is -2.38. The molecule has 0 aliphatic rings. The monoisotopic (exact) mass is 408 g/mol. The first-order valence-corrected chi connectivity index (χ1v) is 10.5. The molecule has 0 atom stereocenters. The van der Waals surface area contributed by atoms with E-state index in [0.717, 1.165) is 0 Å². The van der Waals surface area contributed by atoms with Gasteiger partial charge in [-0.25, -0.2) is 8.42 Å². The molecular formula is C19H21ClN2O4S. The van der Waals surface area contributed by atoms with E-state index in [9.17, 15) is 18.0 Å². The molecular weight excluding hydrogens is 388 g/mol. The smallest absolute Gasteiger partial charge is 0.257 e. The molecule has 2 rings (SSSR count). The number of rotatable bonds is 7. The summed E-state index contributed by atoms with van der Waals surface area (Å²) < 4.78 is 24.0. The van der Waals surface area contributed by atoms with Crippen molar-refractivity contribution in [1.82, 2.24) is 0 Å². The summed E-state index contributed by atoms with van der Waals surface area (Å²) in [6.07, 6.45) is 0. The highest BCUT2D eigenvalue weighted by atomic mass is 35.5. The summed E-state index contributed by atoms with van der Waals surface area (Å²) in [7, 11) is -3.51. The van der Waals surface area contributed by atoms with Gasteiger partial charge >= 0.3 is 0 Å². The van der Waals surface area contributed by atoms with Crippen molar-refractivity contribution in [3.63, 3.8) is 0 Å². The number of amides is 2. The second kappa shape index (κ2) is 9.01. The molecule has 2 amide bonds. The van der Waals surface area contributed by atoms with E-state index in [4.69, 9.17) is 11.6 Å². The normalized spacial score (nSPS) is 11.3. The van der Waals surface area contributed by atoms with Gasteiger partial charge in [-0.3, -0.25) is 9.59 Å². The molecule has 0 aromatic heterocycles. The minimum absolute atomic E-state index is 0.0692. The Morgan fingerprint density at radius 1 is 1.00 bits per heavy atom. The highest BCUT2D eigenvalue weighted by Crippen LogP contribution is 2.19. The number of nitrogens with one attached hydrogen (secondary N) is 2. The van der Waals surface area contributed by atoms with Crippen LogP contribution in [0.15, 0.2) is 48.5 Å². The Balaban J connectivity index is 2.11. The van der Waals surface area contributed by atoms with Gasteiger partial charge in [0.1, 0.15) is 5.75 Å². The van der Waals surface area contributed by atoms with E-state index in [-0.39, 0.29) is 22.9 Å². The van der Waals surface area contributed by atoms with Gasteiger partial charge in [0.2, 0.25) is 5.91 Å². The third-order valence-electron chi connectivity index (χ3n) is 3.49. The van der Waals surface area contributed by atoms with Crippen molar-refractivity contribution in [1.29, 1.82) is 0 Å². The summed E-state index contributed by atoms with van der Waals surface area (Å²) in [5.74, 6) is -1.88. The van der Waals surface area contributed by atoms with Crippen molar-refractivity contribution in [2.75, 3.05) is 22.1 Å². The molecule has 6 nitrogen and oxygen atoms in total. The Labute approximate surface area is 163 Å². The third kappa shape index (κ3) is 6.69. The molecule has 144 valence electrons. The van der Waals surface area contributed by atoms with Gasteiger partial charge in [-0.2, -0.15) is 0 Å². The topological polar surface area (TPSA) is 92.3 Å². The quantitative estimate of drug-likeness (QED) is 0.732. The number of para-hydroxylation sites is 1. The van der Waals surface area contributed by atoms with Gasteiger partial charge in [0.25, 0.3) is 5.91 Å². The predicted molar refractivity (Wildman–Crippen MR) is 108 cm³/mol. The van der Waals surface area contributed by atoms with Gasteiger partial charge in [0.05, 0.1) is 17.0 Å². The summed E-state index contributed by atoms with van der Waals surface area (Å²) in [5, 5.41) is 5.77. The van der Waals surface area contributed by atoms with Crippen molar-refractivity contribution in [3.05, 3.63) is 59.1 Å². The predicted octanol–water partition coefficient (Wildman–Crippen LogP) is 3.60. The second-order valence-corrected chi connectivity index (χ2v) is 9.05. The van der Waals surface area contributed by atoms with Crippen LogP contribution in [0.3, 0.4) is 0 Å². The first-order valence-electron chi connectivity index (χ1n) is 8.32. The van der Waals surface area contributed by atoms with Crippen LogP contribution in [0.2, 0.25) is 5.02 Å². The fourth-order valence-corrected chi connectivity index (χ4v) is 4.21. The van der Waals surface area contributed by atoms with Crippen molar-refractivity contribution < 1.29 is 18.0 Å². The number of carbonyl (C=O) groups is 2. The summed E-state index contributed by atoms with van der Waals surface area (Å²) in [4.78, 5) is 24.7. The lowest BCUT2D eigenvalue weighted by atomic mass is 10.1. The number of halogens is 1. The van der Waals surface area contributed by atoms with Crippen molar-refractivity contribution >= 4 is 44.6 Å². The Morgan fingerprint density at radius 2 is 1.63 bits per heavy atom. The molecule has 2 aromatic carbocycles. The van der Waals surface area contributed by atoms with Crippen LogP contribution in [0.4, 0.5) is 11.4 Å². The van der Waals surface area contributed by atoms with Crippen LogP contribution in [0.1, 0.15) is 24.2 Å². The number of hydrogen-bond acceptors (Lipinski definition) is 4. The Bertz CT molecular complexity index is 925. The largest absolute Gasteiger partial charge is 0.324 e. The zero-order valence-corrected chi connectivity index (χ0v) is 16.6. The lowest BCUT2D eigenvalue weighted by Crippen LogP contribution is -2.27. The summed E-state index contributed by atoms with van der Waals surface area (Å²) in [6, 6.07) is 13.0. The maximum atomic E-state index is 12.5. The maximum Gasteiger partial charge on any atom is 0.257 e. The molecule has 0 saturated heterocycles. The lowest BCUT2D eigenvalue weighted by Gasteiger charge is -2.12. The number of benzene rings is 2. The van der Waals surface area contributed by atoms with Gasteiger partial charge in [-0.05, 0) is 42.3 Å². The molecule has 27 heavy (non-hydrogen) atoms. The third-order valence-corrected chi connectivity index (χ3v) is 5.61. The standard InChI is InChI=1S/C19H21ClN2O4S/c1-13(2)11-27(25,26)12-18(23)22-17-6-4-3-5-16(17)19(24)21-15-9-7-14(20)8-10-15/h3-10,13H,11-12H2,1-2H3,(H,21,24)(H,22,23). The molecule has 8 heteroatoms. The van der Waals surface area contributed by atoms with Gasteiger partial charge in [0, 0.05) is 10.7 Å². The van der Waals surface area contributed by atoms with Crippen LogP contribution in [0, 0.1) is 5.92 Å². The van der Waals surface area contributed by atoms with E-state index in [1.165, 1.54) is 0 Å². The van der Waals surface area contributed by atoms with Gasteiger partial charge in [0.15, 0.2) is 9.84 Å². The zero-order valence-electron chi connectivity index (χ0n) is 15.0. The number of carbonyl (C=O) groups excluding carboxylic acids is 2. The van der Waals surface area contributed by atoms with E-state index in [0.29, 0.717) is 10.7 Å². The minimum atomic E-state index is -3.51. The van der Waals surface area contributed by atoms with Crippen LogP contribution < -0.4 is 10.6 Å². The molecule has 0 aliphatic carbocycles. The van der Waals surface area contributed by atoms with Crippen molar-refractivity contribution in [3.8, 4) is 0 Å². The van der Waals surface area contributed by atoms with E-state index >= 15 is 0 Å². The fraction of sp³-hybridized carbons (Fsp3) is 0.263. The van der Waals surface area contributed by atoms with Crippen LogP contribution >= 0.6 is 11.6 Å². The molecule has 0 spiro atoms. The van der Waals surface area contributed by atoms with Crippen molar-refractivity contribution in [2.24, 2.45) is 5.92 Å². The summed E-state index contributed by atoms with van der Waals surface area (Å²) in [5.41, 5.74) is 1.01. The van der Waals surface area contributed by atoms with Crippen LogP contribution in [0.5, 0.6) is 0 Å². The SMILES string of the molecule is CC(C)CS(=O)(=O)CC(=O)Nc1ccccc1C(=O)Nc1ccc(Cl)cc1. The molecule has 0 unspecified atom stereocenters. The minimum Gasteiger partial charge on any atom is -0.324 e. The van der Waals surface area contributed by atoms with Gasteiger partial charge in [-0.1, -0.05) is 37.6 Å². The molecule has 0 fully saturated rings. The lowest BCUT2D eigenvalue weighted by molar-refractivity contribution is -0.113. The van der Waals surface area contributed by atoms with E-state index < -0.39 is 27.4 Å².